The fourth-order valence-corrected chi connectivity index (χ4v) is 3.75. The van der Waals surface area contributed by atoms with Crippen molar-refractivity contribution in [3.05, 3.63) is 64.6 Å². The minimum absolute atomic E-state index is 0.0420. The zero-order valence-electron chi connectivity index (χ0n) is 13.8. The third-order valence-corrected chi connectivity index (χ3v) is 4.96. The number of thiocarbonyl (C=S) groups is 1. The van der Waals surface area contributed by atoms with Gasteiger partial charge in [0.25, 0.3) is 5.91 Å². The largest absolute Gasteiger partial charge is 0.545 e. The van der Waals surface area contributed by atoms with Crippen LogP contribution in [0.25, 0.3) is 6.08 Å². The number of carboxylic acid groups (broad SMARTS) is 1. The Hall–Kier alpha value is -2.64. The molecular formula is C19H14NO4S2-. The zero-order chi connectivity index (χ0) is 18.7. The van der Waals surface area contributed by atoms with E-state index in [1.54, 1.807) is 6.08 Å². The van der Waals surface area contributed by atoms with Crippen LogP contribution in [0.3, 0.4) is 0 Å². The van der Waals surface area contributed by atoms with Crippen LogP contribution in [-0.4, -0.2) is 22.8 Å². The molecule has 0 radical (unpaired) electrons. The quantitative estimate of drug-likeness (QED) is 0.583. The third-order valence-electron chi connectivity index (χ3n) is 3.66. The van der Waals surface area contributed by atoms with E-state index < -0.39 is 5.97 Å². The molecule has 2 aromatic rings. The summed E-state index contributed by atoms with van der Waals surface area (Å²) in [7, 11) is 0. The van der Waals surface area contributed by atoms with Gasteiger partial charge < -0.3 is 14.6 Å². The molecule has 0 bridgehead atoms. The lowest BCUT2D eigenvalue weighted by atomic mass is 10.1. The van der Waals surface area contributed by atoms with Gasteiger partial charge >= 0.3 is 0 Å². The number of hydrogen-bond donors (Lipinski definition) is 0. The minimum Gasteiger partial charge on any atom is -0.545 e. The van der Waals surface area contributed by atoms with Crippen molar-refractivity contribution < 1.29 is 19.4 Å². The summed E-state index contributed by atoms with van der Waals surface area (Å²) in [5.41, 5.74) is 1.35. The van der Waals surface area contributed by atoms with E-state index in [0.717, 1.165) is 5.56 Å². The van der Waals surface area contributed by atoms with Crippen molar-refractivity contribution in [3.63, 3.8) is 0 Å². The van der Waals surface area contributed by atoms with Crippen molar-refractivity contribution in [3.8, 4) is 5.75 Å². The molecule has 2 aromatic carbocycles. The average molecular weight is 384 g/mol. The highest BCUT2D eigenvalue weighted by Crippen LogP contribution is 2.37. The monoisotopic (exact) mass is 384 g/mol. The first-order valence-electron chi connectivity index (χ1n) is 7.82. The van der Waals surface area contributed by atoms with Crippen LogP contribution in [0, 0.1) is 0 Å². The van der Waals surface area contributed by atoms with E-state index >= 15 is 0 Å². The van der Waals surface area contributed by atoms with Gasteiger partial charge in [-0.25, -0.2) is 0 Å². The van der Waals surface area contributed by atoms with Crippen LogP contribution in [-0.2, 0) is 4.79 Å². The van der Waals surface area contributed by atoms with Crippen molar-refractivity contribution >= 4 is 51.9 Å². The van der Waals surface area contributed by atoms with Crippen molar-refractivity contribution in [1.29, 1.82) is 0 Å². The summed E-state index contributed by atoms with van der Waals surface area (Å²) in [5.74, 6) is -0.833. The summed E-state index contributed by atoms with van der Waals surface area (Å²) in [4.78, 5) is 25.5. The second-order valence-corrected chi connectivity index (χ2v) is 7.00. The molecule has 0 atom stereocenters. The van der Waals surface area contributed by atoms with E-state index in [0.29, 0.717) is 27.3 Å². The number of benzene rings is 2. The van der Waals surface area contributed by atoms with Crippen LogP contribution in [0.2, 0.25) is 0 Å². The van der Waals surface area contributed by atoms with E-state index in [1.165, 1.54) is 40.9 Å². The van der Waals surface area contributed by atoms with Crippen molar-refractivity contribution in [1.82, 2.24) is 0 Å². The number of rotatable bonds is 5. The Morgan fingerprint density at radius 2 is 1.92 bits per heavy atom. The number of para-hydroxylation sites is 1. The molecule has 1 fully saturated rings. The van der Waals surface area contributed by atoms with Crippen LogP contribution in [0.5, 0.6) is 5.75 Å². The van der Waals surface area contributed by atoms with Gasteiger partial charge in [-0.05, 0) is 36.8 Å². The van der Waals surface area contributed by atoms with Crippen LogP contribution >= 0.6 is 24.0 Å². The topological polar surface area (TPSA) is 69.7 Å². The number of hydrogen-bond acceptors (Lipinski definition) is 6. The van der Waals surface area contributed by atoms with E-state index in [-0.39, 0.29) is 11.5 Å². The number of thioether (sulfide) groups is 1. The second kappa shape index (κ2) is 7.72. The first-order chi connectivity index (χ1) is 12.5. The summed E-state index contributed by atoms with van der Waals surface area (Å²) in [5, 5.41) is 10.9. The van der Waals surface area contributed by atoms with Gasteiger partial charge in [-0.2, -0.15) is 0 Å². The maximum atomic E-state index is 12.8. The summed E-state index contributed by atoms with van der Waals surface area (Å²) in [6.45, 7) is 2.42. The van der Waals surface area contributed by atoms with E-state index in [2.05, 4.69) is 0 Å². The number of aromatic carboxylic acids is 1. The molecule has 1 saturated heterocycles. The maximum Gasteiger partial charge on any atom is 0.270 e. The summed E-state index contributed by atoms with van der Waals surface area (Å²) < 4.78 is 5.97. The summed E-state index contributed by atoms with van der Waals surface area (Å²) in [6.07, 6.45) is 1.75. The van der Waals surface area contributed by atoms with Gasteiger partial charge in [-0.1, -0.05) is 54.3 Å². The van der Waals surface area contributed by atoms with E-state index in [4.69, 9.17) is 17.0 Å². The molecule has 132 valence electrons. The fraction of sp³-hybridized carbons (Fsp3) is 0.105. The molecule has 0 saturated carbocycles. The van der Waals surface area contributed by atoms with Gasteiger partial charge in [0.2, 0.25) is 0 Å². The maximum absolute atomic E-state index is 12.8. The van der Waals surface area contributed by atoms with Crippen LogP contribution in [0.4, 0.5) is 5.69 Å². The van der Waals surface area contributed by atoms with Crippen molar-refractivity contribution in [2.45, 2.75) is 6.92 Å². The number of carbonyl (C=O) groups is 2. The Morgan fingerprint density at radius 3 is 2.58 bits per heavy atom. The van der Waals surface area contributed by atoms with E-state index in [1.807, 2.05) is 31.2 Å². The van der Waals surface area contributed by atoms with Gasteiger partial charge in [0.15, 0.2) is 4.32 Å². The number of amides is 1. The van der Waals surface area contributed by atoms with Gasteiger partial charge in [0.1, 0.15) is 5.75 Å². The van der Waals surface area contributed by atoms with Gasteiger partial charge in [-0.15, -0.1) is 0 Å². The minimum atomic E-state index is -1.27. The number of carboxylic acids is 1. The Bertz CT molecular complexity index is 906. The van der Waals surface area contributed by atoms with Gasteiger partial charge in [0, 0.05) is 5.56 Å². The number of nitrogens with zero attached hydrogens (tertiary/aromatic N) is 1. The van der Waals surface area contributed by atoms with Gasteiger partial charge in [0.05, 0.1) is 23.2 Å². The molecule has 0 N–H and O–H groups in total. The van der Waals surface area contributed by atoms with Crippen molar-refractivity contribution in [2.24, 2.45) is 0 Å². The van der Waals surface area contributed by atoms with E-state index in [9.17, 15) is 14.7 Å². The van der Waals surface area contributed by atoms with Crippen LogP contribution in [0.1, 0.15) is 22.8 Å². The molecule has 7 heteroatoms. The molecule has 0 aliphatic carbocycles. The Kier molecular flexibility index (Phi) is 5.39. The lowest BCUT2D eigenvalue weighted by Crippen LogP contribution is -2.28. The Morgan fingerprint density at radius 1 is 1.23 bits per heavy atom. The molecule has 0 unspecified atom stereocenters. The third kappa shape index (κ3) is 3.63. The molecule has 0 aromatic heterocycles. The molecule has 3 rings (SSSR count). The van der Waals surface area contributed by atoms with Gasteiger partial charge in [-0.3, -0.25) is 9.69 Å². The van der Waals surface area contributed by atoms with Crippen LogP contribution in [0.15, 0.2) is 53.4 Å². The molecule has 0 spiro atoms. The van der Waals surface area contributed by atoms with Crippen LogP contribution < -0.4 is 14.7 Å². The number of ether oxygens (including phenoxy) is 1. The first-order valence-corrected chi connectivity index (χ1v) is 9.05. The molecule has 26 heavy (non-hydrogen) atoms. The summed E-state index contributed by atoms with van der Waals surface area (Å²) >= 11 is 6.52. The highest BCUT2D eigenvalue weighted by molar-refractivity contribution is 8.27. The molecule has 5 nitrogen and oxygen atoms in total. The molecule has 1 amide bonds. The van der Waals surface area contributed by atoms with Crippen molar-refractivity contribution in [2.75, 3.05) is 11.5 Å². The predicted molar refractivity (Wildman–Crippen MR) is 104 cm³/mol. The lowest BCUT2D eigenvalue weighted by molar-refractivity contribution is -0.255. The smallest absolute Gasteiger partial charge is 0.270 e. The Balaban J connectivity index is 1.91. The predicted octanol–water partition coefficient (Wildman–Crippen LogP) is 2.85. The standard InChI is InChI=1S/C19H15NO4S2/c1-2-24-15-6-4-3-5-13(15)11-16-17(21)20(19(25)26-16)14-9-7-12(8-10-14)18(22)23/h3-11H,2H2,1H3,(H,22,23)/p-1/b16-11-. The number of anilines is 1. The lowest BCUT2D eigenvalue weighted by Gasteiger charge is -2.15. The molecule has 1 heterocycles. The highest BCUT2D eigenvalue weighted by Gasteiger charge is 2.33. The normalized spacial score (nSPS) is 15.6. The first kappa shape index (κ1) is 18.2. The Labute approximate surface area is 160 Å². The molecule has 1 aliphatic rings. The highest BCUT2D eigenvalue weighted by atomic mass is 32.2. The number of carbonyl (C=O) groups excluding carboxylic acids is 2. The summed E-state index contributed by atoms with van der Waals surface area (Å²) in [6, 6.07) is 13.3. The SMILES string of the molecule is CCOc1ccccc1/C=C1\SC(=S)N(c2ccc(C(=O)[O-])cc2)C1=O. The second-order valence-electron chi connectivity index (χ2n) is 5.32. The molecular weight excluding hydrogens is 370 g/mol. The molecule has 1 aliphatic heterocycles. The average Bonchev–Trinajstić information content (AvgIpc) is 2.90. The fourth-order valence-electron chi connectivity index (χ4n) is 2.46. The zero-order valence-corrected chi connectivity index (χ0v) is 15.4.